The number of aliphatic hydroxyl groups excluding tert-OH is 1. The Morgan fingerprint density at radius 2 is 1.50 bits per heavy atom. The number of aryl methyl sites for hydroxylation is 1. The van der Waals surface area contributed by atoms with E-state index in [2.05, 4.69) is 0 Å². The Kier molecular flexibility index (Phi) is 3.97. The summed E-state index contributed by atoms with van der Waals surface area (Å²) >= 11 is 0. The maximum absolute atomic E-state index is 8.96. The molecule has 0 aliphatic heterocycles. The lowest BCUT2D eigenvalue weighted by atomic mass is 10.1. The smallest absolute Gasteiger partial charge is 0.127 e. The highest BCUT2D eigenvalue weighted by Crippen LogP contribution is 2.23. The molecule has 0 fully saturated rings. The van der Waals surface area contributed by atoms with Crippen LogP contribution < -0.4 is 10.5 Å². The van der Waals surface area contributed by atoms with Crippen LogP contribution in [0.2, 0.25) is 0 Å². The summed E-state index contributed by atoms with van der Waals surface area (Å²) in [7, 11) is 0. The minimum absolute atomic E-state index is 0.0574. The van der Waals surface area contributed by atoms with Crippen molar-refractivity contribution in [3.05, 3.63) is 59.7 Å². The van der Waals surface area contributed by atoms with E-state index in [9.17, 15) is 0 Å². The van der Waals surface area contributed by atoms with Gasteiger partial charge < -0.3 is 15.6 Å². The fourth-order valence-electron chi connectivity index (χ4n) is 1.63. The van der Waals surface area contributed by atoms with E-state index >= 15 is 0 Å². The van der Waals surface area contributed by atoms with Gasteiger partial charge in [0.2, 0.25) is 0 Å². The number of benzene rings is 2. The monoisotopic (exact) mass is 243 g/mol. The highest BCUT2D eigenvalue weighted by molar-refractivity contribution is 5.35. The molecule has 0 aliphatic carbocycles. The first-order valence-corrected chi connectivity index (χ1v) is 5.90. The maximum atomic E-state index is 8.96. The van der Waals surface area contributed by atoms with Crippen molar-refractivity contribution in [1.29, 1.82) is 0 Å². The predicted octanol–water partition coefficient (Wildman–Crippen LogP) is 2.78. The van der Waals surface area contributed by atoms with Gasteiger partial charge >= 0.3 is 0 Å². The van der Waals surface area contributed by atoms with E-state index in [1.807, 2.05) is 55.5 Å². The third-order valence-electron chi connectivity index (χ3n) is 2.76. The van der Waals surface area contributed by atoms with Gasteiger partial charge in [-0.3, -0.25) is 0 Å². The van der Waals surface area contributed by atoms with Crippen molar-refractivity contribution in [2.75, 3.05) is 6.61 Å². The first-order chi connectivity index (χ1) is 8.69. The molecule has 0 bridgehead atoms. The second kappa shape index (κ2) is 5.67. The highest BCUT2D eigenvalue weighted by atomic mass is 16.5. The Bertz CT molecular complexity index is 491. The van der Waals surface area contributed by atoms with Crippen LogP contribution in [0.15, 0.2) is 48.5 Å². The van der Waals surface area contributed by atoms with Crippen molar-refractivity contribution in [2.45, 2.75) is 13.0 Å². The molecule has 94 valence electrons. The fraction of sp³-hybridized carbons (Fsp3) is 0.200. The van der Waals surface area contributed by atoms with Gasteiger partial charge in [0, 0.05) is 0 Å². The number of hydrogen-bond donors (Lipinski definition) is 2. The standard InChI is InChI=1S/C15H17NO2/c1-11-2-6-13(7-3-11)18-14-8-4-12(5-9-14)15(16)10-17/h2-9,15,17H,10,16H2,1H3/t15-/m0/s1. The first kappa shape index (κ1) is 12.6. The molecule has 3 N–H and O–H groups in total. The lowest BCUT2D eigenvalue weighted by Gasteiger charge is -2.10. The second-order valence-electron chi connectivity index (χ2n) is 4.27. The van der Waals surface area contributed by atoms with E-state index in [1.54, 1.807) is 0 Å². The first-order valence-electron chi connectivity index (χ1n) is 5.90. The minimum atomic E-state index is -0.335. The van der Waals surface area contributed by atoms with Gasteiger partial charge in [-0.05, 0) is 36.8 Å². The summed E-state index contributed by atoms with van der Waals surface area (Å²) in [5.41, 5.74) is 7.82. The average Bonchev–Trinajstić information content (AvgIpc) is 2.41. The van der Waals surface area contributed by atoms with E-state index in [4.69, 9.17) is 15.6 Å². The van der Waals surface area contributed by atoms with Crippen molar-refractivity contribution in [3.63, 3.8) is 0 Å². The van der Waals surface area contributed by atoms with Crippen LogP contribution in [0.5, 0.6) is 11.5 Å². The predicted molar refractivity (Wildman–Crippen MR) is 71.7 cm³/mol. The topological polar surface area (TPSA) is 55.5 Å². The Morgan fingerprint density at radius 1 is 1.00 bits per heavy atom. The zero-order valence-electron chi connectivity index (χ0n) is 10.3. The molecule has 0 heterocycles. The SMILES string of the molecule is Cc1ccc(Oc2ccc([C@@H](N)CO)cc2)cc1. The Morgan fingerprint density at radius 3 is 2.00 bits per heavy atom. The van der Waals surface area contributed by atoms with Gasteiger partial charge in [-0.2, -0.15) is 0 Å². The second-order valence-corrected chi connectivity index (χ2v) is 4.27. The highest BCUT2D eigenvalue weighted by Gasteiger charge is 2.04. The number of aliphatic hydroxyl groups is 1. The summed E-state index contributed by atoms with van der Waals surface area (Å²) in [4.78, 5) is 0. The van der Waals surface area contributed by atoms with Crippen LogP contribution >= 0.6 is 0 Å². The lowest BCUT2D eigenvalue weighted by Crippen LogP contribution is -2.14. The third-order valence-corrected chi connectivity index (χ3v) is 2.76. The Balaban J connectivity index is 2.08. The molecular formula is C15H17NO2. The summed E-state index contributed by atoms with van der Waals surface area (Å²) in [6, 6.07) is 15.0. The van der Waals surface area contributed by atoms with Gasteiger partial charge in [0.25, 0.3) is 0 Å². The van der Waals surface area contributed by atoms with E-state index in [0.29, 0.717) is 0 Å². The molecule has 3 heteroatoms. The normalized spacial score (nSPS) is 12.2. The van der Waals surface area contributed by atoms with Gasteiger partial charge in [0.15, 0.2) is 0 Å². The van der Waals surface area contributed by atoms with Crippen LogP contribution in [0.4, 0.5) is 0 Å². The summed E-state index contributed by atoms with van der Waals surface area (Å²) in [6.45, 7) is 1.98. The van der Waals surface area contributed by atoms with E-state index < -0.39 is 0 Å². The molecule has 0 aromatic heterocycles. The third kappa shape index (κ3) is 3.09. The Hall–Kier alpha value is -1.84. The van der Waals surface area contributed by atoms with Crippen LogP contribution in [-0.4, -0.2) is 11.7 Å². The molecule has 0 spiro atoms. The molecular weight excluding hydrogens is 226 g/mol. The van der Waals surface area contributed by atoms with Gasteiger partial charge in [-0.25, -0.2) is 0 Å². The lowest BCUT2D eigenvalue weighted by molar-refractivity contribution is 0.268. The van der Waals surface area contributed by atoms with Crippen molar-refractivity contribution in [1.82, 2.24) is 0 Å². The van der Waals surface area contributed by atoms with Crippen molar-refractivity contribution < 1.29 is 9.84 Å². The molecule has 2 aromatic carbocycles. The Labute approximate surface area is 107 Å². The van der Waals surface area contributed by atoms with Crippen LogP contribution in [0.25, 0.3) is 0 Å². The number of nitrogens with two attached hydrogens (primary N) is 1. The summed E-state index contributed by atoms with van der Waals surface area (Å²) in [5, 5.41) is 8.96. The number of hydrogen-bond acceptors (Lipinski definition) is 3. The van der Waals surface area contributed by atoms with Crippen LogP contribution in [-0.2, 0) is 0 Å². The maximum Gasteiger partial charge on any atom is 0.127 e. The van der Waals surface area contributed by atoms with Crippen molar-refractivity contribution >= 4 is 0 Å². The molecule has 2 aromatic rings. The molecule has 0 aliphatic rings. The quantitative estimate of drug-likeness (QED) is 0.868. The molecule has 2 rings (SSSR count). The van der Waals surface area contributed by atoms with E-state index in [1.165, 1.54) is 5.56 Å². The molecule has 0 saturated heterocycles. The van der Waals surface area contributed by atoms with Crippen LogP contribution in [0, 0.1) is 6.92 Å². The van der Waals surface area contributed by atoms with Gasteiger partial charge in [0.05, 0.1) is 12.6 Å². The van der Waals surface area contributed by atoms with Crippen molar-refractivity contribution in [2.24, 2.45) is 5.73 Å². The molecule has 0 radical (unpaired) electrons. The molecule has 0 amide bonds. The van der Waals surface area contributed by atoms with Gasteiger partial charge in [-0.1, -0.05) is 29.8 Å². The zero-order valence-corrected chi connectivity index (χ0v) is 10.3. The number of ether oxygens (including phenoxy) is 1. The summed E-state index contributed by atoms with van der Waals surface area (Å²) in [6.07, 6.45) is 0. The molecule has 3 nitrogen and oxygen atoms in total. The van der Waals surface area contributed by atoms with E-state index in [-0.39, 0.29) is 12.6 Å². The summed E-state index contributed by atoms with van der Waals surface area (Å²) in [5.74, 6) is 1.56. The fourth-order valence-corrected chi connectivity index (χ4v) is 1.63. The zero-order chi connectivity index (χ0) is 13.0. The van der Waals surface area contributed by atoms with Crippen LogP contribution in [0.3, 0.4) is 0 Å². The molecule has 1 atom stereocenters. The molecule has 0 saturated carbocycles. The minimum Gasteiger partial charge on any atom is -0.457 e. The summed E-state index contributed by atoms with van der Waals surface area (Å²) < 4.78 is 5.70. The van der Waals surface area contributed by atoms with Gasteiger partial charge in [0.1, 0.15) is 11.5 Å². The van der Waals surface area contributed by atoms with E-state index in [0.717, 1.165) is 17.1 Å². The molecule has 0 unspecified atom stereocenters. The average molecular weight is 243 g/mol. The van der Waals surface area contributed by atoms with Crippen molar-refractivity contribution in [3.8, 4) is 11.5 Å². The van der Waals surface area contributed by atoms with Gasteiger partial charge in [-0.15, -0.1) is 0 Å². The number of rotatable bonds is 4. The van der Waals surface area contributed by atoms with Crippen LogP contribution in [0.1, 0.15) is 17.2 Å². The molecule has 18 heavy (non-hydrogen) atoms. The largest absolute Gasteiger partial charge is 0.457 e.